The molecule has 2 aliphatic carbocycles. The van der Waals surface area contributed by atoms with Gasteiger partial charge in [-0.25, -0.2) is 4.79 Å². The molecule has 0 N–H and O–H groups in total. The van der Waals surface area contributed by atoms with E-state index in [9.17, 15) is 40.7 Å². The number of halogens is 6. The lowest BCUT2D eigenvalue weighted by molar-refractivity contribution is -0.148. The number of esters is 1. The maximum absolute atomic E-state index is 12.9. The van der Waals surface area contributed by atoms with E-state index in [-0.39, 0.29) is 30.0 Å². The van der Waals surface area contributed by atoms with Crippen molar-refractivity contribution in [1.82, 2.24) is 4.90 Å². The van der Waals surface area contributed by atoms with Crippen molar-refractivity contribution >= 4 is 17.8 Å². The van der Waals surface area contributed by atoms with Gasteiger partial charge in [-0.15, -0.1) is 0 Å². The van der Waals surface area contributed by atoms with E-state index in [2.05, 4.69) is 4.74 Å². The van der Waals surface area contributed by atoms with Crippen LogP contribution in [0.2, 0.25) is 0 Å². The van der Waals surface area contributed by atoms with Crippen LogP contribution in [0.1, 0.15) is 17.5 Å². The minimum absolute atomic E-state index is 0.102. The molecule has 160 valence electrons. The van der Waals surface area contributed by atoms with Gasteiger partial charge < -0.3 is 4.74 Å². The third-order valence-corrected chi connectivity index (χ3v) is 5.64. The first-order chi connectivity index (χ1) is 13.9. The Bertz CT molecular complexity index is 905. The molecule has 2 amide bonds. The summed E-state index contributed by atoms with van der Waals surface area (Å²) in [5.74, 6) is -4.88. The van der Waals surface area contributed by atoms with Gasteiger partial charge in [0.05, 0.1) is 23.0 Å². The summed E-state index contributed by atoms with van der Waals surface area (Å²) in [5, 5.41) is 0. The minimum atomic E-state index is -5.10. The molecule has 1 heterocycles. The Kier molecular flexibility index (Phi) is 4.48. The van der Waals surface area contributed by atoms with Crippen molar-refractivity contribution < 1.29 is 45.5 Å². The highest BCUT2D eigenvalue weighted by molar-refractivity contribution is 6.08. The van der Waals surface area contributed by atoms with Crippen LogP contribution in [0.4, 0.5) is 26.3 Å². The highest BCUT2D eigenvalue weighted by Crippen LogP contribution is 2.52. The van der Waals surface area contributed by atoms with Crippen molar-refractivity contribution in [3.8, 4) is 5.75 Å². The van der Waals surface area contributed by atoms with Crippen molar-refractivity contribution in [3.05, 3.63) is 41.5 Å². The highest BCUT2D eigenvalue weighted by atomic mass is 19.4. The molecule has 3 aliphatic rings. The van der Waals surface area contributed by atoms with E-state index in [0.717, 1.165) is 0 Å². The fraction of sp³-hybridized carbons (Fsp3) is 0.421. The molecule has 30 heavy (non-hydrogen) atoms. The Morgan fingerprint density at radius 1 is 0.900 bits per heavy atom. The molecular weight excluding hydrogens is 420 g/mol. The van der Waals surface area contributed by atoms with Crippen molar-refractivity contribution in [2.24, 2.45) is 23.7 Å². The molecule has 1 saturated carbocycles. The number of carbonyl (C=O) groups excluding carboxylic acids is 3. The van der Waals surface area contributed by atoms with Gasteiger partial charge in [-0.2, -0.15) is 26.3 Å². The van der Waals surface area contributed by atoms with E-state index in [0.29, 0.717) is 11.3 Å². The summed E-state index contributed by atoms with van der Waals surface area (Å²) < 4.78 is 82.1. The van der Waals surface area contributed by atoms with Crippen LogP contribution < -0.4 is 4.74 Å². The first-order valence-electron chi connectivity index (χ1n) is 8.90. The van der Waals surface area contributed by atoms with E-state index in [1.54, 1.807) is 0 Å². The van der Waals surface area contributed by atoms with Gasteiger partial charge in [0.15, 0.2) is 0 Å². The topological polar surface area (TPSA) is 63.7 Å². The summed E-state index contributed by atoms with van der Waals surface area (Å²) in [6.07, 6.45) is -5.88. The highest BCUT2D eigenvalue weighted by Gasteiger charge is 2.59. The van der Waals surface area contributed by atoms with Gasteiger partial charge in [0.1, 0.15) is 12.3 Å². The number of allylic oxidation sites excluding steroid dienone is 2. The first-order valence-corrected chi connectivity index (χ1v) is 8.90. The van der Waals surface area contributed by atoms with Crippen LogP contribution in [0.15, 0.2) is 30.4 Å². The largest absolute Gasteiger partial charge is 0.425 e. The minimum Gasteiger partial charge on any atom is -0.425 e. The summed E-state index contributed by atoms with van der Waals surface area (Å²) in [4.78, 5) is 37.8. The third-order valence-electron chi connectivity index (χ3n) is 5.64. The van der Waals surface area contributed by atoms with Crippen molar-refractivity contribution in [1.29, 1.82) is 0 Å². The Morgan fingerprint density at radius 3 is 1.80 bits per heavy atom. The van der Waals surface area contributed by atoms with E-state index in [1.807, 2.05) is 12.2 Å². The number of hydrogen-bond donors (Lipinski definition) is 0. The molecule has 2 bridgehead atoms. The maximum Gasteiger partial charge on any atom is 0.416 e. The van der Waals surface area contributed by atoms with Gasteiger partial charge in [-0.1, -0.05) is 12.2 Å². The predicted octanol–water partition coefficient (Wildman–Crippen LogP) is 3.44. The van der Waals surface area contributed by atoms with E-state index in [1.165, 1.54) is 0 Å². The molecular formula is C19H13F6NO4. The van der Waals surface area contributed by atoms with E-state index in [4.69, 9.17) is 0 Å². The standard InChI is InChI=1S/C19H13F6NO4/c20-18(21,22)10-4-11(19(23,24)25)6-12(5-10)30-13(27)7-26-16(28)14-8-1-2-9(3-8)15(14)17(26)29/h1-2,4-6,8-9,14-15H,3,7H2/t8-,9-,14-,15-/m0/s1. The Balaban J connectivity index is 1.52. The molecule has 11 heteroatoms. The van der Waals surface area contributed by atoms with Crippen LogP contribution >= 0.6 is 0 Å². The molecule has 0 radical (unpaired) electrons. The number of imide groups is 1. The fourth-order valence-corrected chi connectivity index (χ4v) is 4.40. The van der Waals surface area contributed by atoms with Gasteiger partial charge in [0.25, 0.3) is 0 Å². The number of hydrogen-bond acceptors (Lipinski definition) is 4. The molecule has 5 nitrogen and oxygen atoms in total. The lowest BCUT2D eigenvalue weighted by atomic mass is 9.85. The first kappa shape index (κ1) is 20.4. The van der Waals surface area contributed by atoms with E-state index >= 15 is 0 Å². The smallest absolute Gasteiger partial charge is 0.416 e. The number of likely N-dealkylation sites (tertiary alicyclic amines) is 1. The number of fused-ring (bicyclic) bond motifs is 5. The zero-order valence-electron chi connectivity index (χ0n) is 15.0. The SMILES string of the molecule is O=C(CN1C(=O)[C@@H]2[C@@H](C1=O)[C@H]1C=C[C@H]2C1)Oc1cc(C(F)(F)F)cc(C(F)(F)F)c1. The van der Waals surface area contributed by atoms with Crippen LogP contribution in [0.25, 0.3) is 0 Å². The second-order valence-corrected chi connectivity index (χ2v) is 7.48. The van der Waals surface area contributed by atoms with Gasteiger partial charge in [0, 0.05) is 0 Å². The summed E-state index contributed by atoms with van der Waals surface area (Å²) in [6, 6.07) is 0.397. The van der Waals surface area contributed by atoms with Crippen LogP contribution in [-0.4, -0.2) is 29.2 Å². The number of carbonyl (C=O) groups is 3. The van der Waals surface area contributed by atoms with Gasteiger partial charge in [-0.3, -0.25) is 14.5 Å². The fourth-order valence-electron chi connectivity index (χ4n) is 4.40. The van der Waals surface area contributed by atoms with Gasteiger partial charge in [0.2, 0.25) is 11.8 Å². The quantitative estimate of drug-likeness (QED) is 0.241. The van der Waals surface area contributed by atoms with Crippen LogP contribution in [-0.2, 0) is 26.7 Å². The zero-order chi connectivity index (χ0) is 22.0. The second-order valence-electron chi connectivity index (χ2n) is 7.48. The van der Waals surface area contributed by atoms with Crippen molar-refractivity contribution in [2.45, 2.75) is 18.8 Å². The summed E-state index contributed by atoms with van der Waals surface area (Å²) in [6.45, 7) is -0.887. The predicted molar refractivity (Wildman–Crippen MR) is 86.5 cm³/mol. The number of amides is 2. The molecule has 0 unspecified atom stereocenters. The van der Waals surface area contributed by atoms with Crippen LogP contribution in [0.3, 0.4) is 0 Å². The summed E-state index contributed by atoms with van der Waals surface area (Å²) in [5.41, 5.74) is -3.30. The molecule has 1 aromatic rings. The molecule has 1 aliphatic heterocycles. The van der Waals surface area contributed by atoms with Crippen LogP contribution in [0.5, 0.6) is 5.75 Å². The molecule has 1 saturated heterocycles. The van der Waals surface area contributed by atoms with Gasteiger partial charge >= 0.3 is 18.3 Å². The molecule has 4 rings (SSSR count). The zero-order valence-corrected chi connectivity index (χ0v) is 15.0. The molecule has 1 aromatic carbocycles. The normalized spacial score (nSPS) is 27.7. The van der Waals surface area contributed by atoms with Crippen molar-refractivity contribution in [3.63, 3.8) is 0 Å². The summed E-state index contributed by atoms with van der Waals surface area (Å²) >= 11 is 0. The third kappa shape index (κ3) is 3.35. The Labute approximate surface area is 165 Å². The monoisotopic (exact) mass is 433 g/mol. The number of ether oxygens (including phenoxy) is 1. The lowest BCUT2D eigenvalue weighted by Gasteiger charge is -2.17. The summed E-state index contributed by atoms with van der Waals surface area (Å²) in [7, 11) is 0. The molecule has 2 fully saturated rings. The lowest BCUT2D eigenvalue weighted by Crippen LogP contribution is -2.38. The van der Waals surface area contributed by atoms with Crippen molar-refractivity contribution in [2.75, 3.05) is 6.54 Å². The Hall–Kier alpha value is -2.85. The maximum atomic E-state index is 12.9. The number of nitrogens with zero attached hydrogens (tertiary/aromatic N) is 1. The van der Waals surface area contributed by atoms with Gasteiger partial charge in [-0.05, 0) is 36.5 Å². The second kappa shape index (κ2) is 6.58. The number of benzene rings is 1. The molecule has 4 atom stereocenters. The average molecular weight is 433 g/mol. The van der Waals surface area contributed by atoms with E-state index < -0.39 is 65.4 Å². The molecule has 0 spiro atoms. The number of alkyl halides is 6. The average Bonchev–Trinajstić information content (AvgIpc) is 3.30. The van der Waals surface area contributed by atoms with Crippen LogP contribution in [0, 0.1) is 23.7 Å². The Morgan fingerprint density at radius 2 is 1.37 bits per heavy atom. The molecule has 0 aromatic heterocycles. The number of rotatable bonds is 3.